The second kappa shape index (κ2) is 13.4. The molecule has 9 aromatic carbocycles. The standard InChI is InChI=1S/C60H37N5/c61-34-48-57(47-33-46-38-19-2-1-17-36(38)37-18-3-4-26-45(37)56(46)47)60(65-54-31-15-9-24-43(54)44-25-10-16-32-55(44)65)59(64-52-29-13-7-22-41(52)42-23-8-14-30-53(42)64)49(35-62)58(48)63-50-27-11-5-20-39(50)40-21-6-12-28-51(40)63/h1-32,46-47,56H,33H2. The minimum Gasteiger partial charge on any atom is -0.307 e. The molecule has 0 N–H and O–H groups in total. The lowest BCUT2D eigenvalue weighted by molar-refractivity contribution is 0.282. The van der Waals surface area contributed by atoms with E-state index in [4.69, 9.17) is 0 Å². The monoisotopic (exact) mass is 827 g/mol. The number of benzene rings is 9. The Bertz CT molecular complexity index is 3950. The van der Waals surface area contributed by atoms with E-state index in [-0.39, 0.29) is 17.8 Å². The van der Waals surface area contributed by atoms with Crippen LogP contribution < -0.4 is 0 Å². The number of aromatic nitrogens is 3. The van der Waals surface area contributed by atoms with Crippen molar-refractivity contribution in [1.82, 2.24) is 13.7 Å². The van der Waals surface area contributed by atoms with Gasteiger partial charge in [0.05, 0.1) is 55.7 Å². The summed E-state index contributed by atoms with van der Waals surface area (Å²) >= 11 is 0. The number of para-hydroxylation sites is 6. The van der Waals surface area contributed by atoms with Crippen LogP contribution in [0.3, 0.4) is 0 Å². The Kier molecular flexibility index (Phi) is 7.42. The summed E-state index contributed by atoms with van der Waals surface area (Å²) in [7, 11) is 0. The maximum Gasteiger partial charge on any atom is 0.104 e. The minimum atomic E-state index is -0.0782. The van der Waals surface area contributed by atoms with Crippen molar-refractivity contribution in [1.29, 1.82) is 10.5 Å². The SMILES string of the molecule is N#Cc1c(C2CC3c4ccccc4-c4ccccc4C32)c(-n2c3ccccc3c3ccccc32)c(-n2c3ccccc3c3ccccc32)c(C#N)c1-n1c2ccccc2c2ccccc21. The first kappa shape index (κ1) is 35.9. The fourth-order valence-corrected chi connectivity index (χ4v) is 12.3. The van der Waals surface area contributed by atoms with Gasteiger partial charge in [0.25, 0.3) is 0 Å². The van der Waals surface area contributed by atoms with Crippen molar-refractivity contribution in [2.24, 2.45) is 0 Å². The fraction of sp³-hybridized carbons (Fsp3) is 0.0667. The van der Waals surface area contributed by atoms with Crippen molar-refractivity contribution in [3.63, 3.8) is 0 Å². The zero-order chi connectivity index (χ0) is 42.9. The van der Waals surface area contributed by atoms with Gasteiger partial charge in [-0.2, -0.15) is 10.5 Å². The highest BCUT2D eigenvalue weighted by molar-refractivity contribution is 6.13. The highest BCUT2D eigenvalue weighted by atomic mass is 15.1. The van der Waals surface area contributed by atoms with Crippen LogP contribution in [0.25, 0.3) is 93.6 Å². The predicted octanol–water partition coefficient (Wildman–Crippen LogP) is 14.8. The molecule has 5 heteroatoms. The maximum atomic E-state index is 12.2. The molecule has 65 heavy (non-hydrogen) atoms. The van der Waals surface area contributed by atoms with Crippen molar-refractivity contribution in [2.45, 2.75) is 24.2 Å². The number of hydrogen-bond donors (Lipinski definition) is 0. The second-order valence-electron chi connectivity index (χ2n) is 17.7. The van der Waals surface area contributed by atoms with Crippen molar-refractivity contribution < 1.29 is 0 Å². The average molecular weight is 828 g/mol. The van der Waals surface area contributed by atoms with Gasteiger partial charge in [0.15, 0.2) is 0 Å². The maximum absolute atomic E-state index is 12.2. The van der Waals surface area contributed by atoms with E-state index in [1.165, 1.54) is 22.3 Å². The van der Waals surface area contributed by atoms with Crippen LogP contribution in [-0.4, -0.2) is 13.7 Å². The summed E-state index contributed by atoms with van der Waals surface area (Å²) in [6.45, 7) is 0. The van der Waals surface area contributed by atoms with Crippen LogP contribution in [0.15, 0.2) is 194 Å². The molecule has 0 bridgehead atoms. The summed E-state index contributed by atoms with van der Waals surface area (Å²) in [5, 5.41) is 31.0. The smallest absolute Gasteiger partial charge is 0.104 e. The highest BCUT2D eigenvalue weighted by Crippen LogP contribution is 2.65. The molecular formula is C60H37N5. The summed E-state index contributed by atoms with van der Waals surface area (Å²) in [6, 6.07) is 74.7. The molecule has 5 nitrogen and oxygen atoms in total. The van der Waals surface area contributed by atoms with Crippen LogP contribution >= 0.6 is 0 Å². The quantitative estimate of drug-likeness (QED) is 0.177. The summed E-state index contributed by atoms with van der Waals surface area (Å²) in [5.74, 6) is 0.267. The number of fused-ring (bicyclic) bond motifs is 15. The number of hydrogen-bond acceptors (Lipinski definition) is 2. The Morgan fingerprint density at radius 1 is 0.338 bits per heavy atom. The van der Waals surface area contributed by atoms with Gasteiger partial charge in [-0.1, -0.05) is 158 Å². The molecule has 2 aliphatic rings. The lowest BCUT2D eigenvalue weighted by Gasteiger charge is -2.51. The largest absolute Gasteiger partial charge is 0.307 e. The van der Waals surface area contributed by atoms with E-state index in [0.29, 0.717) is 16.8 Å². The first-order valence-corrected chi connectivity index (χ1v) is 22.4. The Balaban J connectivity index is 1.25. The van der Waals surface area contributed by atoms with E-state index in [0.717, 1.165) is 88.8 Å². The van der Waals surface area contributed by atoms with Gasteiger partial charge in [0.1, 0.15) is 17.7 Å². The zero-order valence-electron chi connectivity index (χ0n) is 35.2. The van der Waals surface area contributed by atoms with Gasteiger partial charge in [0.2, 0.25) is 0 Å². The summed E-state index contributed by atoms with van der Waals surface area (Å²) in [5.41, 5.74) is 15.4. The third-order valence-corrected chi connectivity index (χ3v) is 14.8. The molecule has 302 valence electrons. The van der Waals surface area contributed by atoms with E-state index in [1.54, 1.807) is 0 Å². The van der Waals surface area contributed by atoms with Crippen LogP contribution in [0, 0.1) is 22.7 Å². The van der Waals surface area contributed by atoms with Gasteiger partial charge in [0, 0.05) is 37.9 Å². The molecule has 12 aromatic rings. The molecule has 0 radical (unpaired) electrons. The van der Waals surface area contributed by atoms with E-state index in [9.17, 15) is 10.5 Å². The normalized spacial score (nSPS) is 16.4. The third-order valence-electron chi connectivity index (χ3n) is 14.8. The lowest BCUT2D eigenvalue weighted by Crippen LogP contribution is -2.36. The predicted molar refractivity (Wildman–Crippen MR) is 264 cm³/mol. The Morgan fingerprint density at radius 3 is 1.11 bits per heavy atom. The lowest BCUT2D eigenvalue weighted by atomic mass is 9.53. The van der Waals surface area contributed by atoms with Crippen LogP contribution in [0.5, 0.6) is 0 Å². The van der Waals surface area contributed by atoms with E-state index < -0.39 is 0 Å². The summed E-state index contributed by atoms with van der Waals surface area (Å²) in [4.78, 5) is 0. The molecule has 0 amide bonds. The van der Waals surface area contributed by atoms with Crippen molar-refractivity contribution in [3.05, 3.63) is 222 Å². The van der Waals surface area contributed by atoms with Crippen molar-refractivity contribution in [2.75, 3.05) is 0 Å². The van der Waals surface area contributed by atoms with Gasteiger partial charge >= 0.3 is 0 Å². The molecule has 3 atom stereocenters. The number of rotatable bonds is 4. The molecule has 3 aromatic heterocycles. The molecular weight excluding hydrogens is 791 g/mol. The zero-order valence-corrected chi connectivity index (χ0v) is 35.2. The van der Waals surface area contributed by atoms with Gasteiger partial charge in [-0.05, 0) is 82.8 Å². The first-order valence-electron chi connectivity index (χ1n) is 22.4. The van der Waals surface area contributed by atoms with E-state index in [1.807, 2.05) is 0 Å². The molecule has 2 aliphatic carbocycles. The molecule has 0 aliphatic heterocycles. The Hall–Kier alpha value is -8.64. The van der Waals surface area contributed by atoms with E-state index >= 15 is 0 Å². The first-order chi connectivity index (χ1) is 32.2. The molecule has 0 spiro atoms. The molecule has 0 saturated heterocycles. The molecule has 1 saturated carbocycles. The van der Waals surface area contributed by atoms with Crippen LogP contribution in [0.1, 0.15) is 52.0 Å². The second-order valence-corrected chi connectivity index (χ2v) is 17.7. The number of nitrogens with zero attached hydrogens (tertiary/aromatic N) is 5. The van der Waals surface area contributed by atoms with Crippen molar-refractivity contribution >= 4 is 65.4 Å². The molecule has 3 heterocycles. The minimum absolute atomic E-state index is 0.0782. The van der Waals surface area contributed by atoms with Crippen molar-refractivity contribution in [3.8, 4) is 40.3 Å². The fourth-order valence-electron chi connectivity index (χ4n) is 12.3. The van der Waals surface area contributed by atoms with Gasteiger partial charge < -0.3 is 13.7 Å². The van der Waals surface area contributed by atoms with Crippen LogP contribution in [-0.2, 0) is 0 Å². The molecule has 3 unspecified atom stereocenters. The topological polar surface area (TPSA) is 62.4 Å². The van der Waals surface area contributed by atoms with Gasteiger partial charge in [-0.15, -0.1) is 0 Å². The van der Waals surface area contributed by atoms with Gasteiger partial charge in [-0.3, -0.25) is 0 Å². The van der Waals surface area contributed by atoms with Crippen LogP contribution in [0.2, 0.25) is 0 Å². The molecule has 1 fully saturated rings. The Morgan fingerprint density at radius 2 is 0.677 bits per heavy atom. The average Bonchev–Trinajstić information content (AvgIpc) is 3.99. The number of nitriles is 2. The summed E-state index contributed by atoms with van der Waals surface area (Å²) in [6.07, 6.45) is 0.847. The van der Waals surface area contributed by atoms with Crippen LogP contribution in [0.4, 0.5) is 0 Å². The molecule has 14 rings (SSSR count). The third kappa shape index (κ3) is 4.69. The van der Waals surface area contributed by atoms with Gasteiger partial charge in [-0.25, -0.2) is 0 Å². The Labute approximate surface area is 374 Å². The van der Waals surface area contributed by atoms with E-state index in [2.05, 4.69) is 220 Å². The highest BCUT2D eigenvalue weighted by Gasteiger charge is 2.50. The summed E-state index contributed by atoms with van der Waals surface area (Å²) < 4.78 is 6.95.